The summed E-state index contributed by atoms with van der Waals surface area (Å²) in [5.74, 6) is 0. The van der Waals surface area contributed by atoms with Gasteiger partial charge in [-0.1, -0.05) is 0 Å². The van der Waals surface area contributed by atoms with Crippen LogP contribution in [0.4, 0.5) is 0 Å². The van der Waals surface area contributed by atoms with Gasteiger partial charge in [-0.3, -0.25) is 0 Å². The molecule has 0 aromatic heterocycles. The van der Waals surface area contributed by atoms with E-state index in [2.05, 4.69) is 19.3 Å². The van der Waals surface area contributed by atoms with Crippen LogP contribution in [0.5, 0.6) is 0 Å². The summed E-state index contributed by atoms with van der Waals surface area (Å²) in [6, 6.07) is 0. The number of rotatable bonds is 3. The van der Waals surface area contributed by atoms with Crippen LogP contribution in [0.2, 0.25) is 0 Å². The van der Waals surface area contributed by atoms with Crippen molar-refractivity contribution in [3.63, 3.8) is 0 Å². The van der Waals surface area contributed by atoms with E-state index in [1.54, 1.807) is 0 Å². The summed E-state index contributed by atoms with van der Waals surface area (Å²) in [6.45, 7) is 6.08. The van der Waals surface area contributed by atoms with E-state index in [1.165, 1.54) is 4.90 Å². The van der Waals surface area contributed by atoms with Crippen LogP contribution < -0.4 is 10.3 Å². The number of hydrogen-bond acceptors (Lipinski definition) is 4. The topological polar surface area (TPSA) is 39.9 Å². The molecular weight excluding hydrogens is 174 g/mol. The van der Waals surface area contributed by atoms with Crippen LogP contribution in [-0.2, 0) is 12.6 Å². The van der Waals surface area contributed by atoms with Crippen LogP contribution in [-0.4, -0.2) is 41.5 Å². The molecule has 3 unspecified atom stereocenters. The highest BCUT2D eigenvalue weighted by Gasteiger charge is 2.31. The van der Waals surface area contributed by atoms with Crippen LogP contribution >= 0.6 is 0 Å². The maximum atomic E-state index is 8.76. The summed E-state index contributed by atoms with van der Waals surface area (Å²) in [6.07, 6.45) is 0.365. The molecule has 72 valence electrons. The van der Waals surface area contributed by atoms with E-state index in [9.17, 15) is 0 Å². The van der Waals surface area contributed by atoms with Crippen molar-refractivity contribution in [1.82, 2.24) is 10.4 Å². The molecule has 0 aliphatic carbocycles. The SMILES string of the molecule is CC[NH+]1C([S-])NN(CCO)C1C. The molecule has 0 radical (unpaired) electrons. The Labute approximate surface area is 78.9 Å². The summed E-state index contributed by atoms with van der Waals surface area (Å²) in [5, 5.41) is 10.8. The normalized spacial score (nSPS) is 37.5. The third-order valence-electron chi connectivity index (χ3n) is 2.37. The van der Waals surface area contributed by atoms with Crippen LogP contribution in [0.3, 0.4) is 0 Å². The van der Waals surface area contributed by atoms with Crippen molar-refractivity contribution >= 4 is 12.6 Å². The van der Waals surface area contributed by atoms with Crippen molar-refractivity contribution in [2.75, 3.05) is 19.7 Å². The van der Waals surface area contributed by atoms with Gasteiger partial charge in [0.05, 0.1) is 13.2 Å². The van der Waals surface area contributed by atoms with E-state index in [0.29, 0.717) is 12.7 Å². The first-order valence-electron chi connectivity index (χ1n) is 4.35. The molecular formula is C7H17N3OS. The van der Waals surface area contributed by atoms with Crippen molar-refractivity contribution in [3.8, 4) is 0 Å². The van der Waals surface area contributed by atoms with Gasteiger partial charge in [0.25, 0.3) is 0 Å². The van der Waals surface area contributed by atoms with Crippen LogP contribution in [0.25, 0.3) is 0 Å². The zero-order chi connectivity index (χ0) is 9.14. The third kappa shape index (κ3) is 1.92. The number of aliphatic hydroxyl groups excluding tert-OH is 1. The maximum absolute atomic E-state index is 8.76. The number of quaternary nitrogens is 1. The lowest BCUT2D eigenvalue weighted by molar-refractivity contribution is -0.924. The van der Waals surface area contributed by atoms with E-state index < -0.39 is 0 Å². The largest absolute Gasteiger partial charge is 0.709 e. The lowest BCUT2D eigenvalue weighted by atomic mass is 10.4. The summed E-state index contributed by atoms with van der Waals surface area (Å²) >= 11 is 5.22. The Balaban J connectivity index is 2.49. The highest BCUT2D eigenvalue weighted by molar-refractivity contribution is 7.59. The Morgan fingerprint density at radius 1 is 1.67 bits per heavy atom. The van der Waals surface area contributed by atoms with E-state index in [1.807, 2.05) is 5.01 Å². The van der Waals surface area contributed by atoms with Crippen molar-refractivity contribution in [2.24, 2.45) is 0 Å². The molecule has 0 spiro atoms. The number of β-amino-alcohol motifs (C(OH)–C–C–N with tert-alkyl or cyclic N) is 1. The highest BCUT2D eigenvalue weighted by atomic mass is 32.1. The van der Waals surface area contributed by atoms with Crippen LogP contribution in [0.1, 0.15) is 13.8 Å². The number of aliphatic hydroxyl groups is 1. The molecule has 1 heterocycles. The van der Waals surface area contributed by atoms with Crippen molar-refractivity contribution in [2.45, 2.75) is 25.5 Å². The number of nitrogens with zero attached hydrogens (tertiary/aromatic N) is 1. The highest BCUT2D eigenvalue weighted by Crippen LogP contribution is 1.94. The molecule has 1 fully saturated rings. The van der Waals surface area contributed by atoms with Crippen LogP contribution in [0.15, 0.2) is 0 Å². The molecule has 12 heavy (non-hydrogen) atoms. The monoisotopic (exact) mass is 191 g/mol. The van der Waals surface area contributed by atoms with E-state index in [0.717, 1.165) is 6.54 Å². The molecule has 3 N–H and O–H groups in total. The molecule has 1 rings (SSSR count). The van der Waals surface area contributed by atoms with Crippen LogP contribution in [0, 0.1) is 0 Å². The van der Waals surface area contributed by atoms with Crippen molar-refractivity contribution in [1.29, 1.82) is 0 Å². The summed E-state index contributed by atoms with van der Waals surface area (Å²) in [5.41, 5.74) is 3.21. The Morgan fingerprint density at radius 2 is 2.33 bits per heavy atom. The molecule has 1 aliphatic heterocycles. The zero-order valence-corrected chi connectivity index (χ0v) is 8.40. The van der Waals surface area contributed by atoms with E-state index in [4.69, 9.17) is 17.7 Å². The van der Waals surface area contributed by atoms with Gasteiger partial charge >= 0.3 is 0 Å². The molecule has 3 atom stereocenters. The zero-order valence-electron chi connectivity index (χ0n) is 7.58. The molecule has 5 heteroatoms. The van der Waals surface area contributed by atoms with Gasteiger partial charge in [0.1, 0.15) is 0 Å². The van der Waals surface area contributed by atoms with Gasteiger partial charge in [0.15, 0.2) is 6.17 Å². The first-order chi connectivity index (χ1) is 5.70. The maximum Gasteiger partial charge on any atom is 0.153 e. The molecule has 0 amide bonds. The Bertz CT molecular complexity index is 147. The fraction of sp³-hybridized carbons (Fsp3) is 1.00. The second kappa shape index (κ2) is 4.43. The Kier molecular flexibility index (Phi) is 3.79. The first-order valence-corrected chi connectivity index (χ1v) is 4.83. The second-order valence-corrected chi connectivity index (χ2v) is 3.50. The van der Waals surface area contributed by atoms with Gasteiger partial charge in [-0.25, -0.2) is 5.43 Å². The molecule has 0 saturated carbocycles. The molecule has 1 saturated heterocycles. The molecule has 0 aromatic rings. The van der Waals surface area contributed by atoms with Gasteiger partial charge in [-0.15, -0.1) is 0 Å². The second-order valence-electron chi connectivity index (χ2n) is 3.03. The molecule has 4 nitrogen and oxygen atoms in total. The van der Waals surface area contributed by atoms with Crippen molar-refractivity contribution < 1.29 is 10.0 Å². The van der Waals surface area contributed by atoms with Crippen molar-refractivity contribution in [3.05, 3.63) is 0 Å². The quantitative estimate of drug-likeness (QED) is 0.446. The lowest BCUT2D eigenvalue weighted by Gasteiger charge is -2.25. The van der Waals surface area contributed by atoms with Gasteiger partial charge in [-0.2, -0.15) is 5.01 Å². The minimum absolute atomic E-state index is 0.0524. The minimum atomic E-state index is 0.0524. The summed E-state index contributed by atoms with van der Waals surface area (Å²) < 4.78 is 0. The Morgan fingerprint density at radius 3 is 2.75 bits per heavy atom. The molecule has 0 aromatic carbocycles. The third-order valence-corrected chi connectivity index (χ3v) is 2.78. The van der Waals surface area contributed by atoms with E-state index in [-0.39, 0.29) is 12.1 Å². The molecule has 0 bridgehead atoms. The van der Waals surface area contributed by atoms with Gasteiger partial charge in [-0.05, 0) is 6.92 Å². The number of hydrogen-bond donors (Lipinski definition) is 3. The number of nitrogens with one attached hydrogen (secondary N) is 2. The Hall–Kier alpha value is 0.190. The average Bonchev–Trinajstić information content (AvgIpc) is 2.29. The van der Waals surface area contributed by atoms with Gasteiger partial charge < -0.3 is 22.6 Å². The predicted molar refractivity (Wildman–Crippen MR) is 49.0 cm³/mol. The minimum Gasteiger partial charge on any atom is -0.709 e. The predicted octanol–water partition coefficient (Wildman–Crippen LogP) is -2.12. The fourth-order valence-corrected chi connectivity index (χ4v) is 2.11. The number of hydrazine groups is 1. The first kappa shape index (κ1) is 10.3. The van der Waals surface area contributed by atoms with E-state index >= 15 is 0 Å². The fourth-order valence-electron chi connectivity index (χ4n) is 1.61. The average molecular weight is 191 g/mol. The molecule has 1 aliphatic rings. The standard InChI is InChI=1S/C7H17N3OS/c1-3-9-6(2)10(4-5-11)8-7(9)12/h6-8,11-12H,3-5H2,1-2H3. The summed E-state index contributed by atoms with van der Waals surface area (Å²) in [7, 11) is 0. The summed E-state index contributed by atoms with van der Waals surface area (Å²) in [4.78, 5) is 1.35. The smallest absolute Gasteiger partial charge is 0.153 e. The lowest BCUT2D eigenvalue weighted by Crippen LogP contribution is -3.17. The van der Waals surface area contributed by atoms with Gasteiger partial charge in [0, 0.05) is 19.0 Å². The van der Waals surface area contributed by atoms with Gasteiger partial charge in [0.2, 0.25) is 0 Å².